The topological polar surface area (TPSA) is 0 Å². The summed E-state index contributed by atoms with van der Waals surface area (Å²) in [7, 11) is 0. The first kappa shape index (κ1) is 16.7. The first-order valence-corrected chi connectivity index (χ1v) is 1.91. The molecule has 40 valence electrons. The molecule has 1 aromatic rings. The van der Waals surface area contributed by atoms with Crippen LogP contribution in [0.1, 0.15) is 0 Å². The summed E-state index contributed by atoms with van der Waals surface area (Å²) in [6.45, 7) is 0. The summed E-state index contributed by atoms with van der Waals surface area (Å²) in [4.78, 5) is 0. The van der Waals surface area contributed by atoms with Crippen LogP contribution in [0.5, 0.6) is 0 Å². The average Bonchev–Trinajstić information content (AvgIpc) is 1.72. The second kappa shape index (κ2) is 12.0. The standard InChI is InChI=1S/C6H5.BrH.2Mg/c1-2-4-6-5-3-1;;;/h1-5H;1H;;/q-1;;;+2/p-1. The minimum Gasteiger partial charge on any atom is -1.00 e. The molecule has 0 aliphatic heterocycles. The van der Waals surface area contributed by atoms with Crippen LogP contribution in [0, 0.1) is 6.07 Å². The summed E-state index contributed by atoms with van der Waals surface area (Å²) in [6, 6.07) is 12.5. The van der Waals surface area contributed by atoms with Crippen LogP contribution < -0.4 is 17.0 Å². The molecular weight excluding hydrogens is 201 g/mol. The number of hydrogen-bond donors (Lipinski definition) is 0. The molecule has 0 aromatic heterocycles. The van der Waals surface area contributed by atoms with Gasteiger partial charge in [-0.3, -0.25) is 0 Å². The van der Waals surface area contributed by atoms with Crippen molar-refractivity contribution in [3.05, 3.63) is 36.4 Å². The zero-order valence-electron chi connectivity index (χ0n) is 5.18. The van der Waals surface area contributed by atoms with Crippen molar-refractivity contribution in [3.63, 3.8) is 0 Å². The van der Waals surface area contributed by atoms with Gasteiger partial charge in [0.1, 0.15) is 0 Å². The maximum Gasteiger partial charge on any atom is 2.00 e. The fraction of sp³-hybridized carbons (Fsp3) is 0. The Kier molecular flexibility index (Phi) is 22.2. The third-order valence-electron chi connectivity index (χ3n) is 0.607. The van der Waals surface area contributed by atoms with Crippen molar-refractivity contribution >= 4 is 46.1 Å². The Balaban J connectivity index is -0.000000120. The van der Waals surface area contributed by atoms with Gasteiger partial charge in [-0.2, -0.15) is 36.4 Å². The second-order valence-electron chi connectivity index (χ2n) is 1.08. The normalized spacial score (nSPS) is 5.33. The quantitative estimate of drug-likeness (QED) is 0.331. The maximum atomic E-state index is 2.89. The van der Waals surface area contributed by atoms with Crippen molar-refractivity contribution < 1.29 is 17.0 Å². The van der Waals surface area contributed by atoms with Gasteiger partial charge in [0.2, 0.25) is 0 Å². The number of hydrogen-bond acceptors (Lipinski definition) is 0. The zero-order valence-corrected chi connectivity index (χ0v) is 9.59. The van der Waals surface area contributed by atoms with E-state index in [-0.39, 0.29) is 63.1 Å². The van der Waals surface area contributed by atoms with E-state index in [1.807, 2.05) is 30.3 Å². The smallest absolute Gasteiger partial charge is 1.00 e. The fourth-order valence-electron chi connectivity index (χ4n) is 0.342. The fourth-order valence-corrected chi connectivity index (χ4v) is 0.342. The summed E-state index contributed by atoms with van der Waals surface area (Å²) in [6.07, 6.45) is 0. The molecule has 0 saturated heterocycles. The molecule has 0 heterocycles. The summed E-state index contributed by atoms with van der Waals surface area (Å²) in [5.41, 5.74) is 0. The van der Waals surface area contributed by atoms with E-state index in [4.69, 9.17) is 0 Å². The van der Waals surface area contributed by atoms with Crippen LogP contribution in [0.4, 0.5) is 0 Å². The SMILES string of the molecule is [Br-].[Mg+2].[Mg].[c-]1ccccc1. The molecule has 3 heteroatoms. The van der Waals surface area contributed by atoms with Crippen LogP contribution in [0.3, 0.4) is 0 Å². The molecule has 0 unspecified atom stereocenters. The van der Waals surface area contributed by atoms with Crippen molar-refractivity contribution in [1.82, 2.24) is 0 Å². The molecule has 9 heavy (non-hydrogen) atoms. The first-order chi connectivity index (χ1) is 3.00. The van der Waals surface area contributed by atoms with Gasteiger partial charge in [-0.05, 0) is 0 Å². The van der Waals surface area contributed by atoms with Crippen LogP contribution in [0.25, 0.3) is 0 Å². The molecule has 0 bridgehead atoms. The summed E-state index contributed by atoms with van der Waals surface area (Å²) in [5, 5.41) is 0. The van der Waals surface area contributed by atoms with Crippen molar-refractivity contribution in [2.45, 2.75) is 0 Å². The van der Waals surface area contributed by atoms with Gasteiger partial charge in [0, 0.05) is 23.1 Å². The Hall–Kier alpha value is 1.23. The summed E-state index contributed by atoms with van der Waals surface area (Å²) >= 11 is 0. The van der Waals surface area contributed by atoms with E-state index >= 15 is 0 Å². The van der Waals surface area contributed by atoms with Crippen LogP contribution >= 0.6 is 0 Å². The van der Waals surface area contributed by atoms with E-state index in [9.17, 15) is 0 Å². The number of benzene rings is 1. The van der Waals surface area contributed by atoms with E-state index < -0.39 is 0 Å². The van der Waals surface area contributed by atoms with Gasteiger partial charge in [-0.1, -0.05) is 0 Å². The van der Waals surface area contributed by atoms with Crippen molar-refractivity contribution in [3.8, 4) is 0 Å². The Morgan fingerprint density at radius 1 is 0.889 bits per heavy atom. The summed E-state index contributed by atoms with van der Waals surface area (Å²) < 4.78 is 0. The minimum atomic E-state index is 0. The molecule has 0 nitrogen and oxygen atoms in total. The molecule has 0 aliphatic rings. The van der Waals surface area contributed by atoms with Gasteiger partial charge in [-0.15, -0.1) is 0 Å². The maximum absolute atomic E-state index is 2.89. The van der Waals surface area contributed by atoms with Gasteiger partial charge in [0.05, 0.1) is 0 Å². The third-order valence-corrected chi connectivity index (χ3v) is 0.607. The Bertz CT molecular complexity index is 83.0. The molecule has 0 fully saturated rings. The number of halogens is 1. The van der Waals surface area contributed by atoms with E-state index in [0.29, 0.717) is 0 Å². The Labute approximate surface area is 98.5 Å². The molecule has 2 radical (unpaired) electrons. The molecule has 0 amide bonds. The largest absolute Gasteiger partial charge is 2.00 e. The molecule has 0 N–H and O–H groups in total. The van der Waals surface area contributed by atoms with Crippen molar-refractivity contribution in [2.24, 2.45) is 0 Å². The zero-order chi connectivity index (χ0) is 4.24. The van der Waals surface area contributed by atoms with E-state index in [1.54, 1.807) is 0 Å². The average molecular weight is 206 g/mol. The van der Waals surface area contributed by atoms with Crippen LogP contribution in [0.2, 0.25) is 0 Å². The Morgan fingerprint density at radius 2 is 1.33 bits per heavy atom. The van der Waals surface area contributed by atoms with E-state index in [1.165, 1.54) is 0 Å². The predicted octanol–water partition coefficient (Wildman–Crippen LogP) is -2.27. The van der Waals surface area contributed by atoms with Crippen molar-refractivity contribution in [2.75, 3.05) is 0 Å². The first-order valence-electron chi connectivity index (χ1n) is 1.91. The van der Waals surface area contributed by atoms with Crippen LogP contribution in [0.15, 0.2) is 30.3 Å². The molecule has 1 rings (SSSR count). The molecule has 0 aliphatic carbocycles. The third kappa shape index (κ3) is 9.23. The molecule has 0 spiro atoms. The molecule has 1 aromatic carbocycles. The summed E-state index contributed by atoms with van der Waals surface area (Å²) in [5.74, 6) is 0. The molecule has 0 saturated carbocycles. The van der Waals surface area contributed by atoms with Gasteiger partial charge in [0.25, 0.3) is 0 Å². The number of rotatable bonds is 0. The second-order valence-corrected chi connectivity index (χ2v) is 1.08. The van der Waals surface area contributed by atoms with Gasteiger partial charge in [-0.25, -0.2) is 0 Å². The van der Waals surface area contributed by atoms with Crippen molar-refractivity contribution in [1.29, 1.82) is 0 Å². The monoisotopic (exact) mass is 204 g/mol. The van der Waals surface area contributed by atoms with Crippen LogP contribution in [-0.2, 0) is 0 Å². The molecule has 0 atom stereocenters. The van der Waals surface area contributed by atoms with Gasteiger partial charge in [0.15, 0.2) is 0 Å². The van der Waals surface area contributed by atoms with Gasteiger partial charge < -0.3 is 17.0 Å². The van der Waals surface area contributed by atoms with E-state index in [2.05, 4.69) is 6.07 Å². The van der Waals surface area contributed by atoms with E-state index in [0.717, 1.165) is 0 Å². The molecular formula is C6H5BrMg2. The van der Waals surface area contributed by atoms with Gasteiger partial charge >= 0.3 is 23.1 Å². The van der Waals surface area contributed by atoms with Crippen LogP contribution in [-0.4, -0.2) is 46.1 Å². The predicted molar refractivity (Wildman–Crippen MR) is 36.8 cm³/mol. The minimum absolute atomic E-state index is 0. The Morgan fingerprint density at radius 3 is 1.44 bits per heavy atom.